The maximum absolute atomic E-state index is 12.2. The van der Waals surface area contributed by atoms with Crippen molar-refractivity contribution in [3.8, 4) is 0 Å². The maximum atomic E-state index is 12.2. The van der Waals surface area contributed by atoms with E-state index in [1.54, 1.807) is 7.05 Å². The van der Waals surface area contributed by atoms with Crippen LogP contribution in [0.5, 0.6) is 0 Å². The molecule has 0 aromatic carbocycles. The van der Waals surface area contributed by atoms with Crippen molar-refractivity contribution in [2.45, 2.75) is 67.7 Å². The molecule has 0 aliphatic carbocycles. The van der Waals surface area contributed by atoms with Gasteiger partial charge in [-0.3, -0.25) is 19.4 Å². The molecule has 4 saturated heterocycles. The van der Waals surface area contributed by atoms with E-state index in [0.29, 0.717) is 25.7 Å². The van der Waals surface area contributed by atoms with Crippen LogP contribution in [-0.4, -0.2) is 96.9 Å². The lowest BCUT2D eigenvalue weighted by molar-refractivity contribution is -0.275. The van der Waals surface area contributed by atoms with Crippen molar-refractivity contribution < 1.29 is 35.1 Å². The van der Waals surface area contributed by atoms with Crippen LogP contribution < -0.4 is 0 Å². The summed E-state index contributed by atoms with van der Waals surface area (Å²) in [5.41, 5.74) is -1.21. The molecule has 4 rings (SSSR count). The third-order valence-corrected chi connectivity index (χ3v) is 8.06. The number of carbonyl (C=O) groups is 2. The number of fused-ring (bicyclic) bond motifs is 4. The average Bonchev–Trinajstić information content (AvgIpc) is 2.93. The molecule has 4 fully saturated rings. The molecule has 152 valence electrons. The Morgan fingerprint density at radius 3 is 2.22 bits per heavy atom. The molecule has 27 heavy (non-hydrogen) atoms. The summed E-state index contributed by atoms with van der Waals surface area (Å²) in [5.74, 6) is -8.06. The number of aliphatic carboxylic acids is 2. The number of aliphatic hydroxyl groups excluding tert-OH is 1. The smallest absolute Gasteiger partial charge is 0.313 e. The topological polar surface area (TPSA) is 142 Å². The number of aliphatic hydroxyl groups is 3. The number of carboxylic acids is 2. The van der Waals surface area contributed by atoms with Gasteiger partial charge < -0.3 is 25.5 Å². The van der Waals surface area contributed by atoms with Crippen molar-refractivity contribution in [2.75, 3.05) is 14.1 Å². The van der Waals surface area contributed by atoms with Crippen LogP contribution in [0.1, 0.15) is 32.1 Å². The van der Waals surface area contributed by atoms with Gasteiger partial charge in [-0.2, -0.15) is 0 Å². The minimum absolute atomic E-state index is 0.0729. The molecule has 0 saturated carbocycles. The summed E-state index contributed by atoms with van der Waals surface area (Å²) >= 11 is 0. The standard InChI is InChI=1S/C18H28N2O7/c1-19-9-3-4-10(19)12(13(21)11(9)15(22)23)17-6-5-8(20(17)2)7-18(26,27)14(17)16(24)25/h8-14,21,26-27H,3-7H2,1-2H3,(H,22,23)(H,24,25)/t8?,9-,10+,11-,12?,13-,14?,17?/m1/s1. The number of carboxylic acid groups (broad SMARTS) is 2. The Hall–Kier alpha value is -1.26. The van der Waals surface area contributed by atoms with Gasteiger partial charge in [0, 0.05) is 36.0 Å². The van der Waals surface area contributed by atoms with E-state index in [1.807, 2.05) is 16.8 Å². The molecule has 0 radical (unpaired) electrons. The van der Waals surface area contributed by atoms with Crippen molar-refractivity contribution in [2.24, 2.45) is 17.8 Å². The first-order valence-corrected chi connectivity index (χ1v) is 9.57. The molecule has 4 heterocycles. The zero-order valence-corrected chi connectivity index (χ0v) is 15.5. The highest BCUT2D eigenvalue weighted by molar-refractivity contribution is 5.75. The van der Waals surface area contributed by atoms with Crippen LogP contribution in [0.3, 0.4) is 0 Å². The van der Waals surface area contributed by atoms with Crippen LogP contribution in [0.2, 0.25) is 0 Å². The molecule has 0 aromatic heterocycles. The summed E-state index contributed by atoms with van der Waals surface area (Å²) in [6.07, 6.45) is 0.935. The number of rotatable bonds is 3. The van der Waals surface area contributed by atoms with Crippen molar-refractivity contribution in [1.82, 2.24) is 9.80 Å². The van der Waals surface area contributed by atoms with Crippen LogP contribution in [0.15, 0.2) is 0 Å². The van der Waals surface area contributed by atoms with Crippen LogP contribution in [0, 0.1) is 17.8 Å². The highest BCUT2D eigenvalue weighted by atomic mass is 16.5. The third-order valence-electron chi connectivity index (χ3n) is 8.06. The van der Waals surface area contributed by atoms with Gasteiger partial charge in [-0.15, -0.1) is 0 Å². The van der Waals surface area contributed by atoms with Crippen LogP contribution >= 0.6 is 0 Å². The molecule has 9 heteroatoms. The van der Waals surface area contributed by atoms with Gasteiger partial charge in [0.1, 0.15) is 5.92 Å². The Morgan fingerprint density at radius 2 is 1.63 bits per heavy atom. The van der Waals surface area contributed by atoms with Crippen LogP contribution in [-0.2, 0) is 9.59 Å². The fourth-order valence-electron chi connectivity index (χ4n) is 7.04. The van der Waals surface area contributed by atoms with Gasteiger partial charge in [-0.1, -0.05) is 0 Å². The molecule has 0 spiro atoms. The monoisotopic (exact) mass is 384 g/mol. The predicted molar refractivity (Wildman–Crippen MR) is 91.6 cm³/mol. The third kappa shape index (κ3) is 2.29. The Kier molecular flexibility index (Phi) is 4.15. The molecular formula is C18H28N2O7. The second-order valence-corrected chi connectivity index (χ2v) is 8.91. The largest absolute Gasteiger partial charge is 0.481 e. The Morgan fingerprint density at radius 1 is 1.00 bits per heavy atom. The van der Waals surface area contributed by atoms with E-state index in [0.717, 1.165) is 0 Å². The summed E-state index contributed by atoms with van der Waals surface area (Å²) in [6.45, 7) is 0. The molecule has 4 aliphatic rings. The fraction of sp³-hybridized carbons (Fsp3) is 0.889. The summed E-state index contributed by atoms with van der Waals surface area (Å²) in [4.78, 5) is 28.0. The van der Waals surface area contributed by atoms with Crippen molar-refractivity contribution in [3.05, 3.63) is 0 Å². The van der Waals surface area contributed by atoms with Gasteiger partial charge in [0.15, 0.2) is 5.79 Å². The lowest BCUT2D eigenvalue weighted by atomic mass is 9.60. The summed E-state index contributed by atoms with van der Waals surface area (Å²) < 4.78 is 0. The second kappa shape index (κ2) is 5.87. The van der Waals surface area contributed by atoms with E-state index >= 15 is 0 Å². The zero-order valence-electron chi connectivity index (χ0n) is 15.5. The number of nitrogens with zero attached hydrogens (tertiary/aromatic N) is 2. The SMILES string of the molecule is CN1[C@@H]2CC[C@H]1C(C13CCC(CC(O)(O)C1C(=O)O)N3C)[C@H](O)[C@@H]2C(=O)O. The van der Waals surface area contributed by atoms with Crippen molar-refractivity contribution in [1.29, 1.82) is 0 Å². The molecule has 0 amide bonds. The Labute approximate surface area is 157 Å². The molecule has 0 aromatic rings. The average molecular weight is 384 g/mol. The van der Waals surface area contributed by atoms with Gasteiger partial charge in [-0.05, 0) is 39.8 Å². The first kappa shape index (κ1) is 19.1. The predicted octanol–water partition coefficient (Wildman–Crippen LogP) is -1.24. The van der Waals surface area contributed by atoms with E-state index in [4.69, 9.17) is 0 Å². The lowest BCUT2D eigenvalue weighted by Crippen LogP contribution is -2.75. The van der Waals surface area contributed by atoms with Gasteiger partial charge in [-0.25, -0.2) is 0 Å². The molecule has 4 unspecified atom stereocenters. The minimum Gasteiger partial charge on any atom is -0.481 e. The lowest BCUT2D eigenvalue weighted by Gasteiger charge is -2.60. The highest BCUT2D eigenvalue weighted by Crippen LogP contribution is 2.59. The van der Waals surface area contributed by atoms with Crippen LogP contribution in [0.25, 0.3) is 0 Å². The summed E-state index contributed by atoms with van der Waals surface area (Å²) in [5, 5.41) is 52.1. The van der Waals surface area contributed by atoms with E-state index in [1.165, 1.54) is 0 Å². The van der Waals surface area contributed by atoms with Crippen molar-refractivity contribution in [3.63, 3.8) is 0 Å². The van der Waals surface area contributed by atoms with E-state index < -0.39 is 47.1 Å². The quantitative estimate of drug-likeness (QED) is 0.378. The van der Waals surface area contributed by atoms with E-state index in [-0.39, 0.29) is 24.5 Å². The molecule has 4 aliphatic heterocycles. The van der Waals surface area contributed by atoms with Gasteiger partial charge in [0.05, 0.1) is 12.0 Å². The summed E-state index contributed by atoms with van der Waals surface area (Å²) in [6, 6.07) is -0.703. The van der Waals surface area contributed by atoms with Crippen molar-refractivity contribution >= 4 is 11.9 Å². The number of piperidine rings is 2. The normalized spacial score (nSPS) is 49.3. The summed E-state index contributed by atoms with van der Waals surface area (Å²) in [7, 11) is 3.59. The molecule has 5 N–H and O–H groups in total. The molecular weight excluding hydrogens is 356 g/mol. The Balaban J connectivity index is 1.88. The number of hydrogen-bond acceptors (Lipinski definition) is 7. The Bertz CT molecular complexity index is 670. The number of hydrogen-bond donors (Lipinski definition) is 5. The molecule has 9 nitrogen and oxygen atoms in total. The fourth-order valence-corrected chi connectivity index (χ4v) is 7.04. The van der Waals surface area contributed by atoms with Gasteiger partial charge >= 0.3 is 11.9 Å². The molecule has 8 atom stereocenters. The second-order valence-electron chi connectivity index (χ2n) is 8.91. The maximum Gasteiger partial charge on any atom is 0.313 e. The first-order valence-electron chi connectivity index (χ1n) is 9.57. The highest BCUT2D eigenvalue weighted by Gasteiger charge is 2.72. The first-order chi connectivity index (χ1) is 12.5. The van der Waals surface area contributed by atoms with Gasteiger partial charge in [0.2, 0.25) is 0 Å². The van der Waals surface area contributed by atoms with E-state index in [9.17, 15) is 35.1 Å². The van der Waals surface area contributed by atoms with E-state index in [2.05, 4.69) is 0 Å². The zero-order chi connectivity index (χ0) is 19.9. The van der Waals surface area contributed by atoms with Gasteiger partial charge in [0.25, 0.3) is 0 Å². The van der Waals surface area contributed by atoms with Crippen LogP contribution in [0.4, 0.5) is 0 Å². The minimum atomic E-state index is -2.40. The molecule has 4 bridgehead atoms.